The molecule has 0 saturated carbocycles. The summed E-state index contributed by atoms with van der Waals surface area (Å²) in [6.45, 7) is 3.87. The van der Waals surface area contributed by atoms with Crippen molar-refractivity contribution in [1.29, 1.82) is 0 Å². The summed E-state index contributed by atoms with van der Waals surface area (Å²) in [6.07, 6.45) is 0.872. The molecule has 3 N–H and O–H groups in total. The van der Waals surface area contributed by atoms with Crippen molar-refractivity contribution in [3.8, 4) is 0 Å². The Kier molecular flexibility index (Phi) is 4.07. The average molecular weight is 177 g/mol. The highest BCUT2D eigenvalue weighted by molar-refractivity contribution is 5.85. The number of rotatable bonds is 2. The molecular formula is C6H13ClN4. The van der Waals surface area contributed by atoms with Gasteiger partial charge < -0.3 is 5.73 Å². The van der Waals surface area contributed by atoms with E-state index in [9.17, 15) is 0 Å². The Bertz CT molecular complexity index is 210. The van der Waals surface area contributed by atoms with Crippen LogP contribution < -0.4 is 5.73 Å². The summed E-state index contributed by atoms with van der Waals surface area (Å²) in [5.41, 5.74) is 5.66. The molecule has 1 aromatic rings. The van der Waals surface area contributed by atoms with Crippen LogP contribution in [0.15, 0.2) is 0 Å². The van der Waals surface area contributed by atoms with Gasteiger partial charge >= 0.3 is 0 Å². The third-order valence-electron chi connectivity index (χ3n) is 1.39. The molecule has 0 saturated heterocycles. The highest BCUT2D eigenvalue weighted by Gasteiger charge is 2.06. The zero-order valence-electron chi connectivity index (χ0n) is 6.66. The second kappa shape index (κ2) is 4.31. The molecule has 0 spiro atoms. The summed E-state index contributed by atoms with van der Waals surface area (Å²) < 4.78 is 0. The van der Waals surface area contributed by atoms with Gasteiger partial charge in [-0.25, -0.2) is 4.98 Å². The van der Waals surface area contributed by atoms with E-state index in [1.165, 1.54) is 0 Å². The highest BCUT2D eigenvalue weighted by atomic mass is 35.5. The predicted molar refractivity (Wildman–Crippen MR) is 45.6 cm³/mol. The number of aromatic nitrogens is 3. The van der Waals surface area contributed by atoms with Gasteiger partial charge in [-0.2, -0.15) is 5.10 Å². The molecule has 1 aromatic heterocycles. The molecule has 0 aliphatic heterocycles. The molecule has 0 radical (unpaired) electrons. The first kappa shape index (κ1) is 10.4. The largest absolute Gasteiger partial charge is 0.321 e. The Balaban J connectivity index is 0.000001000. The molecule has 1 heterocycles. The van der Waals surface area contributed by atoms with Crippen LogP contribution >= 0.6 is 12.4 Å². The molecule has 64 valence electrons. The van der Waals surface area contributed by atoms with Crippen LogP contribution in [0.25, 0.3) is 0 Å². The quantitative estimate of drug-likeness (QED) is 0.705. The van der Waals surface area contributed by atoms with Gasteiger partial charge in [0.1, 0.15) is 5.82 Å². The Labute approximate surface area is 72.0 Å². The van der Waals surface area contributed by atoms with E-state index in [0.717, 1.165) is 12.2 Å². The molecule has 0 aliphatic rings. The second-order valence-corrected chi connectivity index (χ2v) is 2.29. The molecule has 4 nitrogen and oxygen atoms in total. The van der Waals surface area contributed by atoms with E-state index in [2.05, 4.69) is 15.2 Å². The zero-order valence-corrected chi connectivity index (χ0v) is 7.48. The molecule has 0 fully saturated rings. The highest BCUT2D eigenvalue weighted by Crippen LogP contribution is 2.06. The Morgan fingerprint density at radius 3 is 2.64 bits per heavy atom. The normalized spacial score (nSPS) is 12.3. The van der Waals surface area contributed by atoms with Crippen LogP contribution in [-0.4, -0.2) is 15.2 Å². The molecule has 0 aromatic carbocycles. The number of aryl methyl sites for hydroxylation is 1. The first-order valence-electron chi connectivity index (χ1n) is 3.38. The molecule has 5 heteroatoms. The van der Waals surface area contributed by atoms with Crippen LogP contribution in [0, 0.1) is 6.92 Å². The van der Waals surface area contributed by atoms with Crippen molar-refractivity contribution in [2.24, 2.45) is 5.73 Å². The average Bonchev–Trinajstić information content (AvgIpc) is 2.34. The van der Waals surface area contributed by atoms with Crippen LogP contribution in [0.2, 0.25) is 0 Å². The second-order valence-electron chi connectivity index (χ2n) is 2.29. The van der Waals surface area contributed by atoms with Gasteiger partial charge in [0.05, 0.1) is 6.04 Å². The maximum Gasteiger partial charge on any atom is 0.167 e. The van der Waals surface area contributed by atoms with Crippen molar-refractivity contribution in [3.05, 3.63) is 11.6 Å². The summed E-state index contributed by atoms with van der Waals surface area (Å²) in [4.78, 5) is 4.09. The molecule has 11 heavy (non-hydrogen) atoms. The molecule has 0 bridgehead atoms. The summed E-state index contributed by atoms with van der Waals surface area (Å²) in [5.74, 6) is 1.53. The lowest BCUT2D eigenvalue weighted by Gasteiger charge is -1.99. The molecule has 0 aliphatic carbocycles. The lowest BCUT2D eigenvalue weighted by atomic mass is 10.2. The number of halogens is 1. The molecule has 1 atom stereocenters. The minimum Gasteiger partial charge on any atom is -0.321 e. The van der Waals surface area contributed by atoms with Gasteiger partial charge in [0, 0.05) is 0 Å². The third-order valence-corrected chi connectivity index (χ3v) is 1.39. The number of hydrogen-bond donors (Lipinski definition) is 2. The van der Waals surface area contributed by atoms with Gasteiger partial charge in [0.15, 0.2) is 5.82 Å². The van der Waals surface area contributed by atoms with E-state index < -0.39 is 0 Å². The smallest absolute Gasteiger partial charge is 0.167 e. The summed E-state index contributed by atoms with van der Waals surface area (Å²) in [7, 11) is 0. The van der Waals surface area contributed by atoms with E-state index >= 15 is 0 Å². The molecule has 1 rings (SSSR count). The van der Waals surface area contributed by atoms with Crippen molar-refractivity contribution in [2.75, 3.05) is 0 Å². The maximum absolute atomic E-state index is 5.66. The summed E-state index contributed by atoms with van der Waals surface area (Å²) in [5, 5.41) is 6.67. The van der Waals surface area contributed by atoms with Gasteiger partial charge in [-0.05, 0) is 13.3 Å². The van der Waals surface area contributed by atoms with Crippen molar-refractivity contribution in [3.63, 3.8) is 0 Å². The van der Waals surface area contributed by atoms with E-state index in [4.69, 9.17) is 5.73 Å². The fourth-order valence-corrected chi connectivity index (χ4v) is 0.708. The number of H-pyrrole nitrogens is 1. The summed E-state index contributed by atoms with van der Waals surface area (Å²) >= 11 is 0. The topological polar surface area (TPSA) is 67.6 Å². The number of hydrogen-bond acceptors (Lipinski definition) is 3. The minimum absolute atomic E-state index is 0. The zero-order chi connectivity index (χ0) is 7.56. The predicted octanol–water partition coefficient (Wildman–Crippen LogP) is 0.945. The first-order chi connectivity index (χ1) is 4.74. The lowest BCUT2D eigenvalue weighted by Crippen LogP contribution is -2.10. The third kappa shape index (κ3) is 2.48. The van der Waals surface area contributed by atoms with E-state index in [1.54, 1.807) is 0 Å². The van der Waals surface area contributed by atoms with Gasteiger partial charge in [-0.1, -0.05) is 6.92 Å². The maximum atomic E-state index is 5.66. The van der Waals surface area contributed by atoms with Gasteiger partial charge in [0.25, 0.3) is 0 Å². The Morgan fingerprint density at radius 2 is 2.27 bits per heavy atom. The number of aromatic amines is 1. The van der Waals surface area contributed by atoms with Gasteiger partial charge in [-0.3, -0.25) is 5.10 Å². The molecule has 0 amide bonds. The molecule has 1 unspecified atom stereocenters. The van der Waals surface area contributed by atoms with E-state index in [0.29, 0.717) is 5.82 Å². The van der Waals surface area contributed by atoms with E-state index in [-0.39, 0.29) is 18.4 Å². The SMILES string of the molecule is CCC(N)c1n[nH]c(C)n1.Cl. The number of nitrogens with zero attached hydrogens (tertiary/aromatic N) is 2. The lowest BCUT2D eigenvalue weighted by molar-refractivity contribution is 0.652. The van der Waals surface area contributed by atoms with Crippen LogP contribution in [0.1, 0.15) is 31.0 Å². The first-order valence-corrected chi connectivity index (χ1v) is 3.38. The van der Waals surface area contributed by atoms with Crippen LogP contribution in [0.5, 0.6) is 0 Å². The van der Waals surface area contributed by atoms with Crippen molar-refractivity contribution in [1.82, 2.24) is 15.2 Å². The monoisotopic (exact) mass is 176 g/mol. The number of nitrogens with two attached hydrogens (primary N) is 1. The fourth-order valence-electron chi connectivity index (χ4n) is 0.708. The van der Waals surface area contributed by atoms with Crippen LogP contribution in [0.3, 0.4) is 0 Å². The molecular weight excluding hydrogens is 164 g/mol. The fraction of sp³-hybridized carbons (Fsp3) is 0.667. The Morgan fingerprint density at radius 1 is 1.64 bits per heavy atom. The van der Waals surface area contributed by atoms with Crippen molar-refractivity contribution < 1.29 is 0 Å². The van der Waals surface area contributed by atoms with Crippen molar-refractivity contribution >= 4 is 12.4 Å². The summed E-state index contributed by atoms with van der Waals surface area (Å²) in [6, 6.07) is -0.0232. The van der Waals surface area contributed by atoms with E-state index in [1.807, 2.05) is 13.8 Å². The van der Waals surface area contributed by atoms with Gasteiger partial charge in [0.2, 0.25) is 0 Å². The number of nitrogens with one attached hydrogen (secondary N) is 1. The standard InChI is InChI=1S/C6H12N4.ClH/c1-3-5(7)6-8-4(2)9-10-6;/h5H,3,7H2,1-2H3,(H,8,9,10);1H. The Hall–Kier alpha value is -0.610. The van der Waals surface area contributed by atoms with Gasteiger partial charge in [-0.15, -0.1) is 12.4 Å². The van der Waals surface area contributed by atoms with Crippen LogP contribution in [-0.2, 0) is 0 Å². The minimum atomic E-state index is -0.0232. The van der Waals surface area contributed by atoms with Crippen LogP contribution in [0.4, 0.5) is 0 Å². The van der Waals surface area contributed by atoms with Crippen molar-refractivity contribution in [2.45, 2.75) is 26.3 Å².